The minimum atomic E-state index is -2.19. The van der Waals surface area contributed by atoms with Crippen LogP contribution in [0.1, 0.15) is 54.6 Å². The van der Waals surface area contributed by atoms with E-state index in [2.05, 4.69) is 46.0 Å². The van der Waals surface area contributed by atoms with Crippen LogP contribution in [-0.2, 0) is 20.5 Å². The van der Waals surface area contributed by atoms with E-state index in [0.29, 0.717) is 43.4 Å². The summed E-state index contributed by atoms with van der Waals surface area (Å²) in [6.45, 7) is 13.3. The number of carbonyl (C=O) groups is 1. The van der Waals surface area contributed by atoms with Crippen LogP contribution in [0.4, 0.5) is 0 Å². The summed E-state index contributed by atoms with van der Waals surface area (Å²) in [5.74, 6) is -0.101. The van der Waals surface area contributed by atoms with Crippen molar-refractivity contribution in [2.45, 2.75) is 75.3 Å². The summed E-state index contributed by atoms with van der Waals surface area (Å²) < 4.78 is 31.9. The first-order chi connectivity index (χ1) is 18.5. The molecule has 3 heterocycles. The van der Waals surface area contributed by atoms with Gasteiger partial charge in [0.2, 0.25) is 0 Å². The summed E-state index contributed by atoms with van der Waals surface area (Å²) in [6, 6.07) is 13.5. The Balaban J connectivity index is 1.46. The minimum absolute atomic E-state index is 0.0115. The van der Waals surface area contributed by atoms with Crippen molar-refractivity contribution in [3.05, 3.63) is 71.3 Å². The SMILES string of the molecule is COc1cc2c(cc1OCc1ccccc1)C(=O)N1CC[C@@]3(O[Si](C)(C)C(C)(C)C)C=CC4(OCCO4)[C@@H]2[C@@H]13. The first-order valence-corrected chi connectivity index (χ1v) is 16.8. The van der Waals surface area contributed by atoms with E-state index in [1.54, 1.807) is 7.11 Å². The van der Waals surface area contributed by atoms with Crippen molar-refractivity contribution in [2.75, 3.05) is 26.9 Å². The Morgan fingerprint density at radius 3 is 2.44 bits per heavy atom. The molecular formula is C31H39NO6Si. The van der Waals surface area contributed by atoms with Crippen LogP contribution in [0.2, 0.25) is 18.1 Å². The molecular weight excluding hydrogens is 510 g/mol. The predicted octanol–water partition coefficient (Wildman–Crippen LogP) is 5.66. The molecule has 0 saturated carbocycles. The fourth-order valence-electron chi connectivity index (χ4n) is 6.36. The quantitative estimate of drug-likeness (QED) is 0.342. The first kappa shape index (κ1) is 26.6. The fraction of sp³-hybridized carbons (Fsp3) is 0.516. The van der Waals surface area contributed by atoms with Gasteiger partial charge in [0.1, 0.15) is 6.61 Å². The van der Waals surface area contributed by atoms with Gasteiger partial charge in [-0.3, -0.25) is 4.79 Å². The predicted molar refractivity (Wildman–Crippen MR) is 151 cm³/mol. The molecule has 0 bridgehead atoms. The number of nitrogens with zero attached hydrogens (tertiary/aromatic N) is 1. The van der Waals surface area contributed by atoms with Crippen molar-refractivity contribution in [1.82, 2.24) is 4.90 Å². The molecule has 2 aromatic rings. The average Bonchev–Trinajstić information content (AvgIpc) is 3.52. The molecule has 0 N–H and O–H groups in total. The summed E-state index contributed by atoms with van der Waals surface area (Å²) in [5.41, 5.74) is 1.91. The van der Waals surface area contributed by atoms with Gasteiger partial charge in [0.15, 0.2) is 25.6 Å². The van der Waals surface area contributed by atoms with E-state index in [-0.39, 0.29) is 22.9 Å². The van der Waals surface area contributed by atoms with Crippen LogP contribution in [0.15, 0.2) is 54.6 Å². The van der Waals surface area contributed by atoms with E-state index >= 15 is 0 Å². The lowest BCUT2D eigenvalue weighted by Crippen LogP contribution is -2.64. The van der Waals surface area contributed by atoms with Crippen LogP contribution in [0.25, 0.3) is 0 Å². The molecule has 3 atom stereocenters. The van der Waals surface area contributed by atoms with Crippen molar-refractivity contribution in [1.29, 1.82) is 0 Å². The lowest BCUT2D eigenvalue weighted by molar-refractivity contribution is -0.165. The van der Waals surface area contributed by atoms with E-state index < -0.39 is 19.7 Å². The Labute approximate surface area is 232 Å². The molecule has 0 radical (unpaired) electrons. The molecule has 3 aliphatic heterocycles. The second-order valence-corrected chi connectivity index (χ2v) is 17.3. The van der Waals surface area contributed by atoms with Crippen molar-refractivity contribution < 1.29 is 28.2 Å². The Morgan fingerprint density at radius 1 is 1.05 bits per heavy atom. The molecule has 1 amide bonds. The molecule has 208 valence electrons. The topological polar surface area (TPSA) is 66.5 Å². The highest BCUT2D eigenvalue weighted by Gasteiger charge is 2.66. The van der Waals surface area contributed by atoms with Gasteiger partial charge in [0.25, 0.3) is 5.91 Å². The van der Waals surface area contributed by atoms with Gasteiger partial charge in [0, 0.05) is 12.1 Å². The minimum Gasteiger partial charge on any atom is -0.493 e. The van der Waals surface area contributed by atoms with Gasteiger partial charge < -0.3 is 28.3 Å². The van der Waals surface area contributed by atoms with Crippen LogP contribution in [0.5, 0.6) is 11.5 Å². The van der Waals surface area contributed by atoms with E-state index in [0.717, 1.165) is 17.5 Å². The van der Waals surface area contributed by atoms with Crippen LogP contribution >= 0.6 is 0 Å². The number of amides is 1. The molecule has 2 aromatic carbocycles. The number of rotatable bonds is 6. The molecule has 8 heteroatoms. The summed E-state index contributed by atoms with van der Waals surface area (Å²) in [4.78, 5) is 16.1. The number of ether oxygens (including phenoxy) is 4. The zero-order chi connectivity index (χ0) is 27.6. The molecule has 4 aliphatic rings. The van der Waals surface area contributed by atoms with Gasteiger partial charge >= 0.3 is 0 Å². The third-order valence-corrected chi connectivity index (χ3v) is 13.8. The largest absolute Gasteiger partial charge is 0.493 e. The van der Waals surface area contributed by atoms with E-state index in [1.807, 2.05) is 47.4 Å². The third-order valence-electron chi connectivity index (χ3n) is 9.32. The van der Waals surface area contributed by atoms with E-state index in [9.17, 15) is 4.79 Å². The Hall–Kier alpha value is -2.65. The molecule has 2 saturated heterocycles. The van der Waals surface area contributed by atoms with Crippen LogP contribution in [0.3, 0.4) is 0 Å². The van der Waals surface area contributed by atoms with Crippen LogP contribution < -0.4 is 9.47 Å². The second-order valence-electron chi connectivity index (χ2n) is 12.6. The van der Waals surface area contributed by atoms with Gasteiger partial charge in [0.05, 0.1) is 37.9 Å². The zero-order valence-corrected chi connectivity index (χ0v) is 24.8. The van der Waals surface area contributed by atoms with Crippen molar-refractivity contribution in [2.24, 2.45) is 0 Å². The Morgan fingerprint density at radius 2 is 1.77 bits per heavy atom. The maximum atomic E-state index is 14.1. The standard InChI is InChI=1S/C31H39NO6Si/c1-29(2,3)39(5,6)38-30-12-13-31(36-16-17-37-31)26-22-18-24(34-4)25(35-20-21-10-8-7-9-11-21)19-23(22)28(33)32(15-14-30)27(26)30/h7-13,18-19,26-27H,14-17,20H2,1-6H3/t26-,27+,30-/m0/s1. The number of fused-ring (bicyclic) bond motifs is 3. The number of methoxy groups -OCH3 is 1. The number of hydrogen-bond acceptors (Lipinski definition) is 6. The van der Waals surface area contributed by atoms with Gasteiger partial charge in [-0.15, -0.1) is 0 Å². The average molecular weight is 550 g/mol. The highest BCUT2D eigenvalue weighted by Crippen LogP contribution is 2.58. The normalized spacial score (nSPS) is 27.0. The molecule has 1 aliphatic carbocycles. The van der Waals surface area contributed by atoms with E-state index in [4.69, 9.17) is 23.4 Å². The highest BCUT2D eigenvalue weighted by atomic mass is 28.4. The molecule has 0 unspecified atom stereocenters. The van der Waals surface area contributed by atoms with Crippen LogP contribution in [0, 0.1) is 0 Å². The van der Waals surface area contributed by atoms with Gasteiger partial charge in [-0.1, -0.05) is 57.2 Å². The lowest BCUT2D eigenvalue weighted by atomic mass is 9.69. The summed E-state index contributed by atoms with van der Waals surface area (Å²) >= 11 is 0. The second kappa shape index (κ2) is 9.19. The molecule has 1 spiro atoms. The van der Waals surface area contributed by atoms with Gasteiger partial charge in [-0.05, 0) is 53.9 Å². The summed E-state index contributed by atoms with van der Waals surface area (Å²) in [5, 5.41) is 0.0266. The molecule has 2 fully saturated rings. The van der Waals surface area contributed by atoms with Crippen molar-refractivity contribution in [3.8, 4) is 11.5 Å². The maximum absolute atomic E-state index is 14.1. The third kappa shape index (κ3) is 4.15. The summed E-state index contributed by atoms with van der Waals surface area (Å²) in [7, 11) is -0.553. The number of hydrogen-bond donors (Lipinski definition) is 0. The van der Waals surface area contributed by atoms with Gasteiger partial charge in [-0.2, -0.15) is 0 Å². The fourth-order valence-corrected chi connectivity index (χ4v) is 7.91. The monoisotopic (exact) mass is 549 g/mol. The molecule has 7 nitrogen and oxygen atoms in total. The lowest BCUT2D eigenvalue weighted by Gasteiger charge is -2.54. The Kier molecular flexibility index (Phi) is 6.26. The van der Waals surface area contributed by atoms with Crippen LogP contribution in [-0.4, -0.2) is 63.4 Å². The number of carbonyl (C=O) groups excluding carboxylic acids is 1. The highest BCUT2D eigenvalue weighted by molar-refractivity contribution is 6.74. The molecule has 39 heavy (non-hydrogen) atoms. The smallest absolute Gasteiger partial charge is 0.254 e. The molecule has 0 aromatic heterocycles. The number of benzene rings is 2. The Bertz CT molecular complexity index is 1300. The maximum Gasteiger partial charge on any atom is 0.254 e. The van der Waals surface area contributed by atoms with Gasteiger partial charge in [-0.25, -0.2) is 0 Å². The zero-order valence-electron chi connectivity index (χ0n) is 23.8. The first-order valence-electron chi connectivity index (χ1n) is 13.9. The van der Waals surface area contributed by atoms with Crippen molar-refractivity contribution in [3.63, 3.8) is 0 Å². The van der Waals surface area contributed by atoms with Crippen molar-refractivity contribution >= 4 is 14.2 Å². The van der Waals surface area contributed by atoms with E-state index in [1.165, 1.54) is 0 Å². The summed E-state index contributed by atoms with van der Waals surface area (Å²) in [6.07, 6.45) is 4.94. The molecule has 6 rings (SSSR count).